The van der Waals surface area contributed by atoms with Gasteiger partial charge in [0.05, 0.1) is 22.4 Å². The van der Waals surface area contributed by atoms with Crippen molar-refractivity contribution in [3.63, 3.8) is 0 Å². The van der Waals surface area contributed by atoms with E-state index < -0.39 is 10.7 Å². The summed E-state index contributed by atoms with van der Waals surface area (Å²) < 4.78 is 15.3. The molecule has 0 N–H and O–H groups in total. The van der Waals surface area contributed by atoms with Crippen LogP contribution in [0.4, 0.5) is 10.1 Å². The molecule has 0 saturated carbocycles. The number of nitro benzene ring substituents is 1. The molecule has 5 nitrogen and oxygen atoms in total. The Morgan fingerprint density at radius 1 is 1.41 bits per heavy atom. The third kappa shape index (κ3) is 2.01. The van der Waals surface area contributed by atoms with E-state index in [-0.39, 0.29) is 11.4 Å². The quantitative estimate of drug-likeness (QED) is 0.593. The Kier molecular flexibility index (Phi) is 2.63. The molecule has 88 valence electrons. The molecule has 0 aliphatic carbocycles. The van der Waals surface area contributed by atoms with Crippen molar-refractivity contribution in [3.8, 4) is 5.69 Å². The van der Waals surface area contributed by atoms with Gasteiger partial charge in [0.15, 0.2) is 5.82 Å². The van der Waals surface area contributed by atoms with E-state index in [0.29, 0.717) is 5.82 Å². The zero-order valence-corrected chi connectivity index (χ0v) is 9.35. The summed E-state index contributed by atoms with van der Waals surface area (Å²) in [6.07, 6.45) is 1.68. The second-order valence-electron chi connectivity index (χ2n) is 3.69. The molecule has 0 spiro atoms. The Morgan fingerprint density at radius 2 is 2.12 bits per heavy atom. The summed E-state index contributed by atoms with van der Waals surface area (Å²) >= 11 is 0. The van der Waals surface area contributed by atoms with Gasteiger partial charge >= 0.3 is 0 Å². The maximum atomic E-state index is 13.7. The molecule has 2 rings (SSSR count). The number of non-ortho nitro benzene ring substituents is 1. The predicted octanol–water partition coefficient (Wildman–Crippen LogP) is 2.54. The molecular weight excluding hydrogens is 225 g/mol. The molecular formula is C11H10FN3O2. The highest BCUT2D eigenvalue weighted by atomic mass is 19.1. The van der Waals surface area contributed by atoms with Crippen LogP contribution in [-0.2, 0) is 0 Å². The van der Waals surface area contributed by atoms with Crippen LogP contribution >= 0.6 is 0 Å². The Balaban J connectivity index is 2.54. The summed E-state index contributed by atoms with van der Waals surface area (Å²) in [6, 6.07) is 3.55. The second kappa shape index (κ2) is 3.97. The number of nitrogens with zero attached hydrogens (tertiary/aromatic N) is 3. The topological polar surface area (TPSA) is 61.0 Å². The van der Waals surface area contributed by atoms with Gasteiger partial charge in [0, 0.05) is 12.3 Å². The highest BCUT2D eigenvalue weighted by molar-refractivity contribution is 5.43. The van der Waals surface area contributed by atoms with E-state index in [1.54, 1.807) is 24.6 Å². The van der Waals surface area contributed by atoms with Crippen LogP contribution < -0.4 is 0 Å². The number of rotatable bonds is 2. The van der Waals surface area contributed by atoms with Gasteiger partial charge in [-0.1, -0.05) is 0 Å². The molecule has 0 saturated heterocycles. The van der Waals surface area contributed by atoms with Gasteiger partial charge in [0.2, 0.25) is 0 Å². The largest absolute Gasteiger partial charge is 0.301 e. The summed E-state index contributed by atoms with van der Waals surface area (Å²) in [5.74, 6) is -0.00467. The summed E-state index contributed by atoms with van der Waals surface area (Å²) in [7, 11) is 0. The molecule has 0 aliphatic rings. The molecule has 0 bridgehead atoms. The molecule has 1 heterocycles. The molecule has 0 fully saturated rings. The van der Waals surface area contributed by atoms with Crippen molar-refractivity contribution in [1.29, 1.82) is 0 Å². The van der Waals surface area contributed by atoms with E-state index in [0.717, 1.165) is 11.8 Å². The standard InChI is InChI=1S/C11H10FN3O2/c1-7-6-14(8(2)13-7)11-4-3-9(15(16)17)5-10(11)12/h3-6H,1-2H3. The number of halogens is 1. The molecule has 0 unspecified atom stereocenters. The summed E-state index contributed by atoms with van der Waals surface area (Å²) in [5, 5.41) is 10.5. The Labute approximate surface area is 96.7 Å². The molecule has 0 atom stereocenters. The highest BCUT2D eigenvalue weighted by Crippen LogP contribution is 2.21. The lowest BCUT2D eigenvalue weighted by Gasteiger charge is -2.05. The zero-order valence-electron chi connectivity index (χ0n) is 9.35. The third-order valence-electron chi connectivity index (χ3n) is 2.40. The zero-order chi connectivity index (χ0) is 12.6. The number of hydrogen-bond donors (Lipinski definition) is 0. The van der Waals surface area contributed by atoms with Gasteiger partial charge in [0.1, 0.15) is 5.82 Å². The average Bonchev–Trinajstić information content (AvgIpc) is 2.57. The third-order valence-corrected chi connectivity index (χ3v) is 2.40. The van der Waals surface area contributed by atoms with Gasteiger partial charge in [-0.2, -0.15) is 0 Å². The smallest absolute Gasteiger partial charge is 0.272 e. The Morgan fingerprint density at radius 3 is 2.59 bits per heavy atom. The maximum Gasteiger partial charge on any atom is 0.272 e. The lowest BCUT2D eigenvalue weighted by atomic mass is 10.2. The molecule has 0 radical (unpaired) electrons. The van der Waals surface area contributed by atoms with Crippen LogP contribution in [0.3, 0.4) is 0 Å². The van der Waals surface area contributed by atoms with Gasteiger partial charge < -0.3 is 4.57 Å². The van der Waals surface area contributed by atoms with Crippen molar-refractivity contribution in [3.05, 3.63) is 51.8 Å². The van der Waals surface area contributed by atoms with Gasteiger partial charge in [-0.15, -0.1) is 0 Å². The highest BCUT2D eigenvalue weighted by Gasteiger charge is 2.13. The number of benzene rings is 1. The van der Waals surface area contributed by atoms with Crippen LogP contribution in [-0.4, -0.2) is 14.5 Å². The monoisotopic (exact) mass is 235 g/mol. The van der Waals surface area contributed by atoms with E-state index in [2.05, 4.69) is 4.98 Å². The Bertz CT molecular complexity index is 592. The van der Waals surface area contributed by atoms with Crippen LogP contribution in [0.5, 0.6) is 0 Å². The van der Waals surface area contributed by atoms with Crippen LogP contribution in [0.2, 0.25) is 0 Å². The molecule has 2 aromatic rings. The summed E-state index contributed by atoms with van der Waals surface area (Å²) in [6.45, 7) is 3.54. The number of nitro groups is 1. The summed E-state index contributed by atoms with van der Waals surface area (Å²) in [4.78, 5) is 14.0. The molecule has 6 heteroatoms. The normalized spacial score (nSPS) is 10.5. The minimum Gasteiger partial charge on any atom is -0.301 e. The molecule has 17 heavy (non-hydrogen) atoms. The van der Waals surface area contributed by atoms with Crippen molar-refractivity contribution in [2.75, 3.05) is 0 Å². The maximum absolute atomic E-state index is 13.7. The SMILES string of the molecule is Cc1cn(-c2ccc([N+](=O)[O-])cc2F)c(C)n1. The first-order chi connectivity index (χ1) is 7.99. The minimum absolute atomic E-state index is 0.258. The van der Waals surface area contributed by atoms with Gasteiger partial charge in [-0.05, 0) is 19.9 Å². The fraction of sp³-hybridized carbons (Fsp3) is 0.182. The van der Waals surface area contributed by atoms with Gasteiger partial charge in [0.25, 0.3) is 5.69 Å². The van der Waals surface area contributed by atoms with E-state index in [1.807, 2.05) is 0 Å². The van der Waals surface area contributed by atoms with E-state index in [4.69, 9.17) is 0 Å². The number of aromatic nitrogens is 2. The van der Waals surface area contributed by atoms with Crippen LogP contribution in [0.25, 0.3) is 5.69 Å². The first-order valence-electron chi connectivity index (χ1n) is 4.96. The molecule has 0 amide bonds. The predicted molar refractivity (Wildman–Crippen MR) is 59.7 cm³/mol. The van der Waals surface area contributed by atoms with Gasteiger partial charge in [-0.3, -0.25) is 10.1 Å². The van der Waals surface area contributed by atoms with Crippen molar-refractivity contribution < 1.29 is 9.31 Å². The first kappa shape index (κ1) is 11.3. The van der Waals surface area contributed by atoms with E-state index >= 15 is 0 Å². The van der Waals surface area contributed by atoms with Crippen LogP contribution in [0.15, 0.2) is 24.4 Å². The number of imidazole rings is 1. The lowest BCUT2D eigenvalue weighted by Crippen LogP contribution is -2.00. The first-order valence-corrected chi connectivity index (χ1v) is 4.96. The Hall–Kier alpha value is -2.24. The second-order valence-corrected chi connectivity index (χ2v) is 3.69. The minimum atomic E-state index is -0.639. The molecule has 1 aromatic carbocycles. The number of aryl methyl sites for hydroxylation is 2. The lowest BCUT2D eigenvalue weighted by molar-refractivity contribution is -0.385. The summed E-state index contributed by atoms with van der Waals surface area (Å²) in [5.41, 5.74) is 0.759. The van der Waals surface area contributed by atoms with Crippen LogP contribution in [0, 0.1) is 29.8 Å². The van der Waals surface area contributed by atoms with E-state index in [9.17, 15) is 14.5 Å². The van der Waals surface area contributed by atoms with E-state index in [1.165, 1.54) is 12.1 Å². The van der Waals surface area contributed by atoms with Crippen molar-refractivity contribution >= 4 is 5.69 Å². The number of hydrogen-bond acceptors (Lipinski definition) is 3. The fourth-order valence-corrected chi connectivity index (χ4v) is 1.67. The van der Waals surface area contributed by atoms with Gasteiger partial charge in [-0.25, -0.2) is 9.37 Å². The van der Waals surface area contributed by atoms with Crippen LogP contribution in [0.1, 0.15) is 11.5 Å². The average molecular weight is 235 g/mol. The van der Waals surface area contributed by atoms with Crippen molar-refractivity contribution in [2.24, 2.45) is 0 Å². The molecule has 0 aliphatic heterocycles. The van der Waals surface area contributed by atoms with Crippen molar-refractivity contribution in [2.45, 2.75) is 13.8 Å². The molecule has 1 aromatic heterocycles. The fourth-order valence-electron chi connectivity index (χ4n) is 1.67. The van der Waals surface area contributed by atoms with Crippen molar-refractivity contribution in [1.82, 2.24) is 9.55 Å².